The summed E-state index contributed by atoms with van der Waals surface area (Å²) in [6, 6.07) is 3.69. The predicted octanol–water partition coefficient (Wildman–Crippen LogP) is 3.43. The monoisotopic (exact) mass is 272 g/mol. The lowest BCUT2D eigenvalue weighted by molar-refractivity contribution is 0.509. The second-order valence-electron chi connectivity index (χ2n) is 3.11. The van der Waals surface area contributed by atoms with Crippen molar-refractivity contribution in [3.8, 4) is 11.3 Å². The highest BCUT2D eigenvalue weighted by atomic mass is 79.9. The molecular formula is C10H7BrF2N2. The number of nitrogens with zero attached hydrogens (tertiary/aromatic N) is 1. The Hall–Kier alpha value is -1.23. The summed E-state index contributed by atoms with van der Waals surface area (Å²) in [7, 11) is 0. The molecule has 0 saturated heterocycles. The summed E-state index contributed by atoms with van der Waals surface area (Å²) in [5.74, 6) is -1.02. The molecule has 0 bridgehead atoms. The van der Waals surface area contributed by atoms with Gasteiger partial charge < -0.3 is 4.98 Å². The van der Waals surface area contributed by atoms with E-state index in [2.05, 4.69) is 25.9 Å². The van der Waals surface area contributed by atoms with Crippen molar-refractivity contribution in [2.24, 2.45) is 0 Å². The molecule has 0 unspecified atom stereocenters. The lowest BCUT2D eigenvalue weighted by Crippen LogP contribution is -1.86. The van der Waals surface area contributed by atoms with Crippen LogP contribution in [-0.4, -0.2) is 9.97 Å². The van der Waals surface area contributed by atoms with E-state index < -0.39 is 11.6 Å². The van der Waals surface area contributed by atoms with Crippen LogP contribution in [0.2, 0.25) is 0 Å². The molecular weight excluding hydrogens is 266 g/mol. The second kappa shape index (κ2) is 3.73. The Bertz CT molecular complexity index is 508. The third-order valence-corrected chi connectivity index (χ3v) is 2.54. The van der Waals surface area contributed by atoms with E-state index in [1.165, 1.54) is 6.07 Å². The molecule has 0 fully saturated rings. The molecule has 0 aliphatic carbocycles. The van der Waals surface area contributed by atoms with Crippen LogP contribution in [0.15, 0.2) is 22.8 Å². The van der Waals surface area contributed by atoms with Crippen LogP contribution in [0.3, 0.4) is 0 Å². The molecule has 0 saturated carbocycles. The van der Waals surface area contributed by atoms with Gasteiger partial charge in [-0.15, -0.1) is 0 Å². The largest absolute Gasteiger partial charge is 0.336 e. The minimum Gasteiger partial charge on any atom is -0.336 e. The lowest BCUT2D eigenvalue weighted by atomic mass is 10.1. The van der Waals surface area contributed by atoms with Gasteiger partial charge in [-0.1, -0.05) is 0 Å². The number of rotatable bonds is 1. The molecule has 0 radical (unpaired) electrons. The highest BCUT2D eigenvalue weighted by Gasteiger charge is 2.10. The Morgan fingerprint density at radius 1 is 1.27 bits per heavy atom. The number of aromatic amines is 1. The van der Waals surface area contributed by atoms with Crippen molar-refractivity contribution in [3.63, 3.8) is 0 Å². The summed E-state index contributed by atoms with van der Waals surface area (Å²) >= 11 is 3.26. The van der Waals surface area contributed by atoms with Gasteiger partial charge >= 0.3 is 0 Å². The van der Waals surface area contributed by atoms with Crippen molar-refractivity contribution < 1.29 is 8.78 Å². The molecule has 0 aliphatic heterocycles. The Balaban J connectivity index is 2.54. The smallest absolute Gasteiger partial charge is 0.159 e. The van der Waals surface area contributed by atoms with Gasteiger partial charge in [-0.05, 0) is 41.1 Å². The molecule has 15 heavy (non-hydrogen) atoms. The maximum Gasteiger partial charge on any atom is 0.159 e. The molecule has 1 heterocycles. The molecule has 2 nitrogen and oxygen atoms in total. The van der Waals surface area contributed by atoms with Crippen molar-refractivity contribution in [1.29, 1.82) is 0 Å². The highest BCUT2D eigenvalue weighted by molar-refractivity contribution is 9.10. The molecule has 0 atom stereocenters. The van der Waals surface area contributed by atoms with Crippen LogP contribution >= 0.6 is 15.9 Å². The van der Waals surface area contributed by atoms with Crippen LogP contribution in [0.4, 0.5) is 8.78 Å². The molecule has 2 aromatic rings. The Labute approximate surface area is 93.5 Å². The summed E-state index contributed by atoms with van der Waals surface area (Å²) in [6.07, 6.45) is 0. The average Bonchev–Trinajstić information content (AvgIpc) is 2.50. The lowest BCUT2D eigenvalue weighted by Gasteiger charge is -1.98. The van der Waals surface area contributed by atoms with Crippen LogP contribution in [0.25, 0.3) is 11.3 Å². The number of halogens is 3. The number of nitrogens with one attached hydrogen (secondary N) is 1. The Kier molecular flexibility index (Phi) is 2.56. The first-order chi connectivity index (χ1) is 7.08. The first-order valence-electron chi connectivity index (χ1n) is 4.25. The molecule has 1 aromatic carbocycles. The van der Waals surface area contributed by atoms with Crippen LogP contribution in [0, 0.1) is 18.6 Å². The van der Waals surface area contributed by atoms with Crippen molar-refractivity contribution in [1.82, 2.24) is 9.97 Å². The minimum absolute atomic E-state index is 0.533. The van der Waals surface area contributed by atoms with Gasteiger partial charge in [0.15, 0.2) is 11.6 Å². The van der Waals surface area contributed by atoms with Crippen LogP contribution in [0.5, 0.6) is 0 Å². The predicted molar refractivity (Wildman–Crippen MR) is 56.4 cm³/mol. The number of hydrogen-bond acceptors (Lipinski definition) is 1. The fourth-order valence-electron chi connectivity index (χ4n) is 1.30. The van der Waals surface area contributed by atoms with E-state index in [4.69, 9.17) is 0 Å². The zero-order valence-corrected chi connectivity index (χ0v) is 9.40. The van der Waals surface area contributed by atoms with Gasteiger partial charge in [0, 0.05) is 5.56 Å². The number of aryl methyl sites for hydroxylation is 1. The van der Waals surface area contributed by atoms with Gasteiger partial charge in [-0.3, -0.25) is 0 Å². The van der Waals surface area contributed by atoms with Gasteiger partial charge in [0.2, 0.25) is 0 Å². The molecule has 78 valence electrons. The van der Waals surface area contributed by atoms with Crippen molar-refractivity contribution in [2.45, 2.75) is 6.92 Å². The van der Waals surface area contributed by atoms with Crippen molar-refractivity contribution in [3.05, 3.63) is 40.3 Å². The number of aromatic nitrogens is 2. The highest BCUT2D eigenvalue weighted by Crippen LogP contribution is 2.26. The van der Waals surface area contributed by atoms with E-state index in [-0.39, 0.29) is 0 Å². The number of imidazole rings is 1. The normalized spacial score (nSPS) is 10.7. The third-order valence-electron chi connectivity index (χ3n) is 1.97. The molecule has 0 aliphatic rings. The molecule has 0 spiro atoms. The summed E-state index contributed by atoms with van der Waals surface area (Å²) in [5, 5.41) is 0. The van der Waals surface area contributed by atoms with Crippen molar-refractivity contribution in [2.75, 3.05) is 0 Å². The summed E-state index contributed by atoms with van der Waals surface area (Å²) in [5.41, 5.74) is 1.11. The van der Waals surface area contributed by atoms with Gasteiger partial charge in [0.05, 0.1) is 0 Å². The molecule has 1 N–H and O–H groups in total. The standard InChI is InChI=1S/C10H7BrF2N2/c1-5-14-9(10(11)15-5)6-2-3-7(12)8(13)4-6/h2-4H,1H3,(H,14,15). The SMILES string of the molecule is Cc1nc(-c2ccc(F)c(F)c2)c(Br)[nH]1. The molecule has 2 rings (SSSR count). The maximum absolute atomic E-state index is 13.0. The number of hydrogen-bond donors (Lipinski definition) is 1. The van der Waals surface area contributed by atoms with Gasteiger partial charge in [0.25, 0.3) is 0 Å². The number of H-pyrrole nitrogens is 1. The van der Waals surface area contributed by atoms with Crippen LogP contribution in [0.1, 0.15) is 5.82 Å². The van der Waals surface area contributed by atoms with E-state index in [1.807, 2.05) is 0 Å². The first kappa shape index (κ1) is 10.3. The molecule has 5 heteroatoms. The summed E-state index contributed by atoms with van der Waals surface area (Å²) in [6.45, 7) is 1.79. The second-order valence-corrected chi connectivity index (χ2v) is 3.91. The first-order valence-corrected chi connectivity index (χ1v) is 5.05. The fourth-order valence-corrected chi connectivity index (χ4v) is 1.90. The third kappa shape index (κ3) is 1.92. The van der Waals surface area contributed by atoms with Gasteiger partial charge in [-0.25, -0.2) is 13.8 Å². The molecule has 1 aromatic heterocycles. The minimum atomic E-state index is -0.875. The molecule has 0 amide bonds. The van der Waals surface area contributed by atoms with Crippen molar-refractivity contribution >= 4 is 15.9 Å². The zero-order chi connectivity index (χ0) is 11.0. The Morgan fingerprint density at radius 2 is 2.00 bits per heavy atom. The summed E-state index contributed by atoms with van der Waals surface area (Å²) in [4.78, 5) is 7.09. The van der Waals surface area contributed by atoms with E-state index in [1.54, 1.807) is 6.92 Å². The van der Waals surface area contributed by atoms with Crippen LogP contribution < -0.4 is 0 Å². The zero-order valence-electron chi connectivity index (χ0n) is 7.81. The Morgan fingerprint density at radius 3 is 2.53 bits per heavy atom. The summed E-state index contributed by atoms with van der Waals surface area (Å²) < 4.78 is 26.3. The van der Waals surface area contributed by atoms with E-state index >= 15 is 0 Å². The number of benzene rings is 1. The quantitative estimate of drug-likeness (QED) is 0.847. The fraction of sp³-hybridized carbons (Fsp3) is 0.100. The maximum atomic E-state index is 13.0. The van der Waals surface area contributed by atoms with E-state index in [0.717, 1.165) is 12.1 Å². The van der Waals surface area contributed by atoms with Gasteiger partial charge in [0.1, 0.15) is 16.1 Å². The van der Waals surface area contributed by atoms with Gasteiger partial charge in [-0.2, -0.15) is 0 Å². The van der Waals surface area contributed by atoms with Crippen LogP contribution in [-0.2, 0) is 0 Å². The average molecular weight is 273 g/mol. The van der Waals surface area contributed by atoms with E-state index in [9.17, 15) is 8.78 Å². The van der Waals surface area contributed by atoms with E-state index in [0.29, 0.717) is 21.7 Å². The topological polar surface area (TPSA) is 28.7 Å².